The molecule has 2 aromatic heterocycles. The van der Waals surface area contributed by atoms with Crippen LogP contribution in [0.1, 0.15) is 50.6 Å². The summed E-state index contributed by atoms with van der Waals surface area (Å²) >= 11 is 0. The second-order valence-electron chi connectivity index (χ2n) is 6.29. The topological polar surface area (TPSA) is 30.7 Å². The van der Waals surface area contributed by atoms with Gasteiger partial charge in [0.05, 0.1) is 5.69 Å². The number of pyridine rings is 1. The molecule has 2 heterocycles. The monoisotopic (exact) mass is 257 g/mol. The zero-order valence-electron chi connectivity index (χ0n) is 12.5. The van der Waals surface area contributed by atoms with Crippen molar-refractivity contribution in [1.29, 1.82) is 0 Å². The van der Waals surface area contributed by atoms with Gasteiger partial charge in [-0.3, -0.25) is 9.67 Å². The summed E-state index contributed by atoms with van der Waals surface area (Å²) in [7, 11) is 2.03. The molecule has 0 saturated carbocycles. The van der Waals surface area contributed by atoms with E-state index in [1.165, 1.54) is 11.3 Å². The predicted octanol–water partition coefficient (Wildman–Crippen LogP) is 3.46. The lowest BCUT2D eigenvalue weighted by atomic mass is 9.91. The van der Waals surface area contributed by atoms with Crippen molar-refractivity contribution < 1.29 is 0 Å². The average Bonchev–Trinajstić information content (AvgIpc) is 2.72. The maximum absolute atomic E-state index is 4.63. The summed E-state index contributed by atoms with van der Waals surface area (Å²) in [6.45, 7) is 8.83. The molecule has 3 heteroatoms. The van der Waals surface area contributed by atoms with Crippen LogP contribution in [0, 0.1) is 0 Å². The van der Waals surface area contributed by atoms with Crippen LogP contribution in [0.5, 0.6) is 0 Å². The van der Waals surface area contributed by atoms with E-state index in [-0.39, 0.29) is 5.41 Å². The molecule has 0 radical (unpaired) electrons. The van der Waals surface area contributed by atoms with E-state index in [2.05, 4.69) is 49.9 Å². The summed E-state index contributed by atoms with van der Waals surface area (Å²) < 4.78 is 2.01. The van der Waals surface area contributed by atoms with Gasteiger partial charge in [-0.05, 0) is 30.0 Å². The molecule has 1 atom stereocenters. The second-order valence-corrected chi connectivity index (χ2v) is 6.29. The van der Waals surface area contributed by atoms with Gasteiger partial charge in [0.15, 0.2) is 0 Å². The molecule has 0 fully saturated rings. The Balaban J connectivity index is 2.18. The third-order valence-electron chi connectivity index (χ3n) is 3.51. The quantitative estimate of drug-likeness (QED) is 0.843. The van der Waals surface area contributed by atoms with Crippen molar-refractivity contribution >= 4 is 0 Å². The van der Waals surface area contributed by atoms with Crippen LogP contribution >= 0.6 is 0 Å². The fraction of sp³-hybridized carbons (Fsp3) is 0.500. The zero-order valence-corrected chi connectivity index (χ0v) is 12.5. The van der Waals surface area contributed by atoms with Crippen LogP contribution in [0.3, 0.4) is 0 Å². The standard InChI is InChI=1S/C16H23N3/c1-12(13-7-6-8-17-11-13)9-14-10-15(16(2,3)4)18-19(14)5/h6-8,10-12H,9H2,1-5H3. The molecule has 0 N–H and O–H groups in total. The molecule has 0 aliphatic rings. The minimum Gasteiger partial charge on any atom is -0.272 e. The first-order valence-electron chi connectivity index (χ1n) is 6.81. The summed E-state index contributed by atoms with van der Waals surface area (Å²) in [6, 6.07) is 6.36. The summed E-state index contributed by atoms with van der Waals surface area (Å²) in [5, 5.41) is 4.63. The summed E-state index contributed by atoms with van der Waals surface area (Å²) in [4.78, 5) is 4.19. The Hall–Kier alpha value is -1.64. The van der Waals surface area contributed by atoms with Gasteiger partial charge in [0, 0.05) is 30.6 Å². The van der Waals surface area contributed by atoms with Crippen LogP contribution in [0.25, 0.3) is 0 Å². The predicted molar refractivity (Wildman–Crippen MR) is 78.3 cm³/mol. The first-order valence-corrected chi connectivity index (χ1v) is 6.81. The molecule has 2 aromatic rings. The van der Waals surface area contributed by atoms with E-state index in [0.717, 1.165) is 12.1 Å². The first kappa shape index (κ1) is 13.8. The number of aryl methyl sites for hydroxylation is 1. The van der Waals surface area contributed by atoms with Crippen LogP contribution in [0.15, 0.2) is 30.6 Å². The van der Waals surface area contributed by atoms with Crippen LogP contribution in [-0.4, -0.2) is 14.8 Å². The summed E-state index contributed by atoms with van der Waals surface area (Å²) in [5.41, 5.74) is 3.82. The maximum atomic E-state index is 4.63. The van der Waals surface area contributed by atoms with Gasteiger partial charge in [-0.1, -0.05) is 33.8 Å². The lowest BCUT2D eigenvalue weighted by Gasteiger charge is -2.13. The maximum Gasteiger partial charge on any atom is 0.0680 e. The largest absolute Gasteiger partial charge is 0.272 e. The van der Waals surface area contributed by atoms with Crippen LogP contribution < -0.4 is 0 Å². The van der Waals surface area contributed by atoms with Crippen LogP contribution in [-0.2, 0) is 18.9 Å². The lowest BCUT2D eigenvalue weighted by Crippen LogP contribution is -2.12. The lowest BCUT2D eigenvalue weighted by molar-refractivity contribution is 0.550. The van der Waals surface area contributed by atoms with Crippen molar-refractivity contribution in [1.82, 2.24) is 14.8 Å². The van der Waals surface area contributed by atoms with Gasteiger partial charge in [-0.2, -0.15) is 5.10 Å². The third kappa shape index (κ3) is 3.22. The number of hydrogen-bond donors (Lipinski definition) is 0. The molecule has 1 unspecified atom stereocenters. The Morgan fingerprint density at radius 2 is 2.05 bits per heavy atom. The van der Waals surface area contributed by atoms with Crippen molar-refractivity contribution in [2.24, 2.45) is 7.05 Å². The molecule has 0 aliphatic carbocycles. The van der Waals surface area contributed by atoms with E-state index < -0.39 is 0 Å². The normalized spacial score (nSPS) is 13.5. The van der Waals surface area contributed by atoms with E-state index in [4.69, 9.17) is 0 Å². The Bertz CT molecular complexity index is 535. The highest BCUT2D eigenvalue weighted by Crippen LogP contribution is 2.24. The fourth-order valence-electron chi connectivity index (χ4n) is 2.16. The molecule has 19 heavy (non-hydrogen) atoms. The average molecular weight is 257 g/mol. The van der Waals surface area contributed by atoms with Crippen molar-refractivity contribution in [2.75, 3.05) is 0 Å². The zero-order chi connectivity index (χ0) is 14.0. The molecule has 0 amide bonds. The molecule has 2 rings (SSSR count). The molecular formula is C16H23N3. The van der Waals surface area contributed by atoms with Crippen LogP contribution in [0.4, 0.5) is 0 Å². The number of rotatable bonds is 3. The Morgan fingerprint density at radius 3 is 2.58 bits per heavy atom. The van der Waals surface area contributed by atoms with Gasteiger partial charge in [0.2, 0.25) is 0 Å². The van der Waals surface area contributed by atoms with Crippen molar-refractivity contribution in [3.8, 4) is 0 Å². The number of aromatic nitrogens is 3. The fourth-order valence-corrected chi connectivity index (χ4v) is 2.16. The SMILES string of the molecule is CC(Cc1cc(C(C)(C)C)nn1C)c1cccnc1. The van der Waals surface area contributed by atoms with Gasteiger partial charge in [-0.25, -0.2) is 0 Å². The van der Waals surface area contributed by atoms with E-state index in [9.17, 15) is 0 Å². The van der Waals surface area contributed by atoms with Crippen molar-refractivity contribution in [2.45, 2.75) is 45.4 Å². The molecule has 0 aromatic carbocycles. The van der Waals surface area contributed by atoms with E-state index in [1.807, 2.05) is 30.2 Å². The third-order valence-corrected chi connectivity index (χ3v) is 3.51. The van der Waals surface area contributed by atoms with Gasteiger partial charge in [-0.15, -0.1) is 0 Å². The van der Waals surface area contributed by atoms with Crippen molar-refractivity contribution in [3.63, 3.8) is 0 Å². The van der Waals surface area contributed by atoms with Gasteiger partial charge in [0.25, 0.3) is 0 Å². The number of hydrogen-bond acceptors (Lipinski definition) is 2. The van der Waals surface area contributed by atoms with E-state index >= 15 is 0 Å². The van der Waals surface area contributed by atoms with Gasteiger partial charge >= 0.3 is 0 Å². The Labute approximate surface area is 115 Å². The molecule has 3 nitrogen and oxygen atoms in total. The Kier molecular flexibility index (Phi) is 3.74. The van der Waals surface area contributed by atoms with Gasteiger partial charge in [0.1, 0.15) is 0 Å². The number of nitrogens with zero attached hydrogens (tertiary/aromatic N) is 3. The van der Waals surface area contributed by atoms with Gasteiger partial charge < -0.3 is 0 Å². The highest BCUT2D eigenvalue weighted by atomic mass is 15.3. The second kappa shape index (κ2) is 5.16. The minimum atomic E-state index is 0.105. The molecular weight excluding hydrogens is 234 g/mol. The highest BCUT2D eigenvalue weighted by molar-refractivity contribution is 5.21. The summed E-state index contributed by atoms with van der Waals surface area (Å²) in [5.74, 6) is 0.455. The highest BCUT2D eigenvalue weighted by Gasteiger charge is 2.19. The smallest absolute Gasteiger partial charge is 0.0680 e. The first-order chi connectivity index (χ1) is 8.88. The Morgan fingerprint density at radius 1 is 1.32 bits per heavy atom. The minimum absolute atomic E-state index is 0.105. The molecule has 0 bridgehead atoms. The van der Waals surface area contributed by atoms with E-state index in [1.54, 1.807) is 0 Å². The van der Waals surface area contributed by atoms with Crippen LogP contribution in [0.2, 0.25) is 0 Å². The van der Waals surface area contributed by atoms with E-state index in [0.29, 0.717) is 5.92 Å². The molecule has 0 aliphatic heterocycles. The summed E-state index contributed by atoms with van der Waals surface area (Å²) in [6.07, 6.45) is 4.76. The van der Waals surface area contributed by atoms with Crippen molar-refractivity contribution in [3.05, 3.63) is 47.5 Å². The molecule has 0 spiro atoms. The molecule has 102 valence electrons. The molecule has 0 saturated heterocycles.